The Morgan fingerprint density at radius 1 is 1.32 bits per heavy atom. The first-order chi connectivity index (χ1) is 11.8. The zero-order chi connectivity index (χ0) is 18.9. The van der Waals surface area contributed by atoms with E-state index in [0.29, 0.717) is 23.9 Å². The summed E-state index contributed by atoms with van der Waals surface area (Å²) < 4.78 is 30.4. The minimum atomic E-state index is -3.58. The van der Waals surface area contributed by atoms with Crippen molar-refractivity contribution < 1.29 is 17.9 Å². The van der Waals surface area contributed by atoms with Gasteiger partial charge in [-0.15, -0.1) is 0 Å². The third-order valence-electron chi connectivity index (χ3n) is 4.16. The maximum Gasteiger partial charge on any atom is 0.240 e. The van der Waals surface area contributed by atoms with Gasteiger partial charge in [-0.2, -0.15) is 0 Å². The van der Waals surface area contributed by atoms with E-state index in [1.54, 1.807) is 24.3 Å². The molecule has 0 saturated carbocycles. The number of amides is 1. The number of hydrogen-bond donors (Lipinski definition) is 1. The van der Waals surface area contributed by atoms with E-state index >= 15 is 0 Å². The van der Waals surface area contributed by atoms with Gasteiger partial charge in [0, 0.05) is 12.6 Å². The number of sulfonamides is 1. The lowest BCUT2D eigenvalue weighted by atomic mass is 9.99. The molecular formula is C18H30N2O4S. The predicted molar refractivity (Wildman–Crippen MR) is 101 cm³/mol. The van der Waals surface area contributed by atoms with Gasteiger partial charge in [0.1, 0.15) is 12.3 Å². The van der Waals surface area contributed by atoms with Crippen LogP contribution in [0.1, 0.15) is 39.5 Å². The number of nitrogens with zero attached hydrogens (tertiary/aromatic N) is 1. The molecule has 0 aromatic heterocycles. The molecule has 1 aromatic rings. The van der Waals surface area contributed by atoms with Crippen LogP contribution in [0.2, 0.25) is 0 Å². The highest BCUT2D eigenvalue weighted by Crippen LogP contribution is 2.22. The average molecular weight is 371 g/mol. The van der Waals surface area contributed by atoms with E-state index in [0.717, 1.165) is 36.2 Å². The molecular weight excluding hydrogens is 340 g/mol. The van der Waals surface area contributed by atoms with Gasteiger partial charge in [-0.05, 0) is 24.5 Å². The Kier molecular flexibility index (Phi) is 8.75. The van der Waals surface area contributed by atoms with Gasteiger partial charge < -0.3 is 10.1 Å². The van der Waals surface area contributed by atoms with E-state index in [-0.39, 0.29) is 12.5 Å². The number of hydrogen-bond acceptors (Lipinski definition) is 4. The molecule has 0 bridgehead atoms. The van der Waals surface area contributed by atoms with Gasteiger partial charge in [-0.25, -0.2) is 8.42 Å². The summed E-state index contributed by atoms with van der Waals surface area (Å²) in [5, 5.41) is 2.87. The average Bonchev–Trinajstić information content (AvgIpc) is 2.59. The number of carbonyl (C=O) groups excluding carboxylic acids is 1. The molecule has 1 amide bonds. The molecule has 6 nitrogen and oxygen atoms in total. The SMILES string of the molecule is CCCCC(CC)CNC(=O)CN(c1cccc(OC)c1)S(C)(=O)=O. The number of rotatable bonds is 11. The number of carbonyl (C=O) groups is 1. The summed E-state index contributed by atoms with van der Waals surface area (Å²) in [6.45, 7) is 4.58. The van der Waals surface area contributed by atoms with Crippen molar-refractivity contribution in [2.24, 2.45) is 5.92 Å². The van der Waals surface area contributed by atoms with Crippen LogP contribution in [0.4, 0.5) is 5.69 Å². The highest BCUT2D eigenvalue weighted by atomic mass is 32.2. The van der Waals surface area contributed by atoms with Gasteiger partial charge in [0.15, 0.2) is 0 Å². The summed E-state index contributed by atoms with van der Waals surface area (Å²) >= 11 is 0. The normalized spacial score (nSPS) is 12.5. The van der Waals surface area contributed by atoms with Gasteiger partial charge in [-0.1, -0.05) is 39.2 Å². The largest absolute Gasteiger partial charge is 0.497 e. The lowest BCUT2D eigenvalue weighted by molar-refractivity contribution is -0.119. The fourth-order valence-corrected chi connectivity index (χ4v) is 3.40. The molecule has 1 N–H and O–H groups in total. The maximum atomic E-state index is 12.3. The summed E-state index contributed by atoms with van der Waals surface area (Å²) in [6, 6.07) is 6.67. The molecule has 0 radical (unpaired) electrons. The standard InChI is InChI=1S/C18H30N2O4S/c1-5-7-9-15(6-2)13-19-18(21)14-20(25(4,22)23)16-10-8-11-17(12-16)24-3/h8,10-12,15H,5-7,9,13-14H2,1-4H3,(H,19,21). The minimum Gasteiger partial charge on any atom is -0.497 e. The maximum absolute atomic E-state index is 12.3. The number of ether oxygens (including phenoxy) is 1. The van der Waals surface area contributed by atoms with E-state index in [1.165, 1.54) is 7.11 Å². The molecule has 0 heterocycles. The zero-order valence-corrected chi connectivity index (χ0v) is 16.4. The van der Waals surface area contributed by atoms with Crippen LogP contribution in [0.5, 0.6) is 5.75 Å². The number of unbranched alkanes of at least 4 members (excludes halogenated alkanes) is 1. The summed E-state index contributed by atoms with van der Waals surface area (Å²) in [7, 11) is -2.07. The van der Waals surface area contributed by atoms with Gasteiger partial charge in [0.05, 0.1) is 19.1 Å². The topological polar surface area (TPSA) is 75.7 Å². The molecule has 1 atom stereocenters. The van der Waals surface area contributed by atoms with Crippen LogP contribution in [0, 0.1) is 5.92 Å². The zero-order valence-electron chi connectivity index (χ0n) is 15.6. The first-order valence-corrected chi connectivity index (χ1v) is 10.5. The number of benzene rings is 1. The van der Waals surface area contributed by atoms with Crippen molar-refractivity contribution in [1.29, 1.82) is 0 Å². The van der Waals surface area contributed by atoms with Crippen LogP contribution in [0.3, 0.4) is 0 Å². The fourth-order valence-electron chi connectivity index (χ4n) is 2.55. The van der Waals surface area contributed by atoms with Crippen molar-refractivity contribution in [3.05, 3.63) is 24.3 Å². The molecule has 0 spiro atoms. The molecule has 1 rings (SSSR count). The molecule has 0 fully saturated rings. The van der Waals surface area contributed by atoms with Crippen molar-refractivity contribution in [1.82, 2.24) is 5.32 Å². The van der Waals surface area contributed by atoms with Crippen LogP contribution in [-0.2, 0) is 14.8 Å². The van der Waals surface area contributed by atoms with Crippen molar-refractivity contribution >= 4 is 21.6 Å². The van der Waals surface area contributed by atoms with Crippen molar-refractivity contribution in [3.63, 3.8) is 0 Å². The smallest absolute Gasteiger partial charge is 0.240 e. The molecule has 25 heavy (non-hydrogen) atoms. The summed E-state index contributed by atoms with van der Waals surface area (Å²) in [6.07, 6.45) is 5.41. The predicted octanol–water partition coefficient (Wildman–Crippen LogP) is 2.79. The molecule has 0 aliphatic heterocycles. The molecule has 142 valence electrons. The molecule has 1 aromatic carbocycles. The van der Waals surface area contributed by atoms with Gasteiger partial charge in [0.25, 0.3) is 0 Å². The minimum absolute atomic E-state index is 0.240. The Bertz CT molecular complexity index is 646. The first kappa shape index (κ1) is 21.3. The van der Waals surface area contributed by atoms with Crippen molar-refractivity contribution in [2.45, 2.75) is 39.5 Å². The molecule has 0 aliphatic carbocycles. The van der Waals surface area contributed by atoms with E-state index in [1.807, 2.05) is 0 Å². The van der Waals surface area contributed by atoms with Crippen molar-refractivity contribution in [2.75, 3.05) is 30.8 Å². The van der Waals surface area contributed by atoms with Crippen LogP contribution < -0.4 is 14.4 Å². The summed E-state index contributed by atoms with van der Waals surface area (Å²) in [5.74, 6) is 0.660. The van der Waals surface area contributed by atoms with Crippen molar-refractivity contribution in [3.8, 4) is 5.75 Å². The van der Waals surface area contributed by atoms with Gasteiger partial charge in [0.2, 0.25) is 15.9 Å². The molecule has 7 heteroatoms. The second-order valence-electron chi connectivity index (χ2n) is 6.19. The summed E-state index contributed by atoms with van der Waals surface area (Å²) in [4.78, 5) is 12.3. The van der Waals surface area contributed by atoms with Crippen LogP contribution in [0.25, 0.3) is 0 Å². The Morgan fingerprint density at radius 2 is 2.04 bits per heavy atom. The lowest BCUT2D eigenvalue weighted by Gasteiger charge is -2.23. The second-order valence-corrected chi connectivity index (χ2v) is 8.10. The number of nitrogens with one attached hydrogen (secondary N) is 1. The highest BCUT2D eigenvalue weighted by molar-refractivity contribution is 7.92. The third kappa shape index (κ3) is 7.34. The first-order valence-electron chi connectivity index (χ1n) is 8.70. The Morgan fingerprint density at radius 3 is 2.60 bits per heavy atom. The highest BCUT2D eigenvalue weighted by Gasteiger charge is 2.21. The fraction of sp³-hybridized carbons (Fsp3) is 0.611. The van der Waals surface area contributed by atoms with E-state index < -0.39 is 10.0 Å². The van der Waals surface area contributed by atoms with E-state index in [9.17, 15) is 13.2 Å². The molecule has 0 aliphatic rings. The van der Waals surface area contributed by atoms with Gasteiger partial charge >= 0.3 is 0 Å². The lowest BCUT2D eigenvalue weighted by Crippen LogP contribution is -2.41. The Balaban J connectivity index is 2.77. The van der Waals surface area contributed by atoms with Crippen LogP contribution >= 0.6 is 0 Å². The Hall–Kier alpha value is -1.76. The molecule has 0 saturated heterocycles. The number of anilines is 1. The third-order valence-corrected chi connectivity index (χ3v) is 5.30. The van der Waals surface area contributed by atoms with E-state index in [2.05, 4.69) is 19.2 Å². The Labute approximate surface area is 151 Å². The van der Waals surface area contributed by atoms with E-state index in [4.69, 9.17) is 4.74 Å². The van der Waals surface area contributed by atoms with Gasteiger partial charge in [-0.3, -0.25) is 9.10 Å². The van der Waals surface area contributed by atoms with Crippen LogP contribution in [0.15, 0.2) is 24.3 Å². The van der Waals surface area contributed by atoms with Crippen LogP contribution in [-0.4, -0.2) is 40.8 Å². The quantitative estimate of drug-likeness (QED) is 0.650. The summed E-state index contributed by atoms with van der Waals surface area (Å²) in [5.41, 5.74) is 0.412. The number of methoxy groups -OCH3 is 1. The molecule has 1 unspecified atom stereocenters. The second kappa shape index (κ2) is 10.3. The monoisotopic (exact) mass is 370 g/mol.